The molecule has 1 aliphatic heterocycles. The van der Waals surface area contributed by atoms with Gasteiger partial charge in [0.2, 0.25) is 0 Å². The summed E-state index contributed by atoms with van der Waals surface area (Å²) in [7, 11) is 2.10. The Morgan fingerprint density at radius 3 is 3.06 bits per heavy atom. The Morgan fingerprint density at radius 2 is 2.31 bits per heavy atom. The van der Waals surface area contributed by atoms with Crippen molar-refractivity contribution in [1.82, 2.24) is 4.90 Å². The van der Waals surface area contributed by atoms with Crippen LogP contribution in [0, 0.1) is 11.3 Å². The van der Waals surface area contributed by atoms with Gasteiger partial charge in [0.1, 0.15) is 0 Å². The predicted octanol–water partition coefficient (Wildman–Crippen LogP) is 2.55. The quantitative estimate of drug-likeness (QED) is 0.798. The molecule has 0 amide bonds. The van der Waals surface area contributed by atoms with E-state index in [1.807, 2.05) is 11.8 Å². The van der Waals surface area contributed by atoms with Crippen molar-refractivity contribution >= 4 is 11.8 Å². The summed E-state index contributed by atoms with van der Waals surface area (Å²) in [5.74, 6) is 0. The lowest BCUT2D eigenvalue weighted by molar-refractivity contribution is 0.343. The van der Waals surface area contributed by atoms with Gasteiger partial charge < -0.3 is 4.90 Å². The summed E-state index contributed by atoms with van der Waals surface area (Å²) in [4.78, 5) is 3.69. The van der Waals surface area contributed by atoms with Crippen LogP contribution in [0.3, 0.4) is 0 Å². The van der Waals surface area contributed by atoms with E-state index in [1.165, 1.54) is 10.5 Å². The van der Waals surface area contributed by atoms with Gasteiger partial charge in [-0.05, 0) is 25.1 Å². The van der Waals surface area contributed by atoms with Crippen LogP contribution in [0.2, 0.25) is 0 Å². The fourth-order valence-corrected chi connectivity index (χ4v) is 3.45. The van der Waals surface area contributed by atoms with Crippen molar-refractivity contribution in [2.45, 2.75) is 23.0 Å². The van der Waals surface area contributed by atoms with E-state index < -0.39 is 0 Å². The highest BCUT2D eigenvalue weighted by atomic mass is 32.2. The Hall–Kier alpha value is -0.980. The van der Waals surface area contributed by atoms with E-state index in [0.29, 0.717) is 11.7 Å². The van der Waals surface area contributed by atoms with E-state index in [9.17, 15) is 0 Å². The van der Waals surface area contributed by atoms with E-state index in [0.717, 1.165) is 19.5 Å². The zero-order valence-corrected chi connectivity index (χ0v) is 10.3. The summed E-state index contributed by atoms with van der Waals surface area (Å²) in [6.45, 7) is 1.95. The molecule has 1 heterocycles. The first kappa shape index (κ1) is 11.5. The molecule has 84 valence electrons. The van der Waals surface area contributed by atoms with Gasteiger partial charge in [-0.3, -0.25) is 0 Å². The van der Waals surface area contributed by atoms with E-state index in [2.05, 4.69) is 42.3 Å². The van der Waals surface area contributed by atoms with Gasteiger partial charge in [-0.1, -0.05) is 18.2 Å². The van der Waals surface area contributed by atoms with Crippen LogP contribution in [-0.4, -0.2) is 30.3 Å². The molecule has 16 heavy (non-hydrogen) atoms. The third kappa shape index (κ3) is 2.78. The van der Waals surface area contributed by atoms with Crippen molar-refractivity contribution in [1.29, 1.82) is 5.26 Å². The van der Waals surface area contributed by atoms with Crippen molar-refractivity contribution < 1.29 is 0 Å². The summed E-state index contributed by atoms with van der Waals surface area (Å²) in [5.41, 5.74) is 1.48. The monoisotopic (exact) mass is 232 g/mol. The first-order valence-corrected chi connectivity index (χ1v) is 6.47. The second-order valence-corrected chi connectivity index (χ2v) is 5.56. The van der Waals surface area contributed by atoms with E-state index in [4.69, 9.17) is 5.26 Å². The maximum Gasteiger partial charge on any atom is 0.0635 e. The number of hydrogen-bond acceptors (Lipinski definition) is 3. The van der Waals surface area contributed by atoms with Crippen LogP contribution in [0.1, 0.15) is 12.0 Å². The molecule has 0 fully saturated rings. The standard InChI is InChI=1S/C13H16N2S/c1-15(8-4-7-14)10-12-9-11-5-2-3-6-13(11)16-12/h2-3,5-6,12H,4,8-10H2,1H3. The van der Waals surface area contributed by atoms with Crippen LogP contribution in [0.5, 0.6) is 0 Å². The zero-order valence-electron chi connectivity index (χ0n) is 9.52. The third-order valence-electron chi connectivity index (χ3n) is 2.83. The molecule has 3 heteroatoms. The maximum absolute atomic E-state index is 8.54. The lowest BCUT2D eigenvalue weighted by Crippen LogP contribution is -2.27. The number of fused-ring (bicyclic) bond motifs is 1. The van der Waals surface area contributed by atoms with Gasteiger partial charge in [-0.25, -0.2) is 0 Å². The Labute approximate surface area is 101 Å². The minimum atomic E-state index is 0.626. The van der Waals surface area contributed by atoms with Gasteiger partial charge in [-0.2, -0.15) is 5.26 Å². The van der Waals surface area contributed by atoms with Crippen molar-refractivity contribution in [3.63, 3.8) is 0 Å². The Kier molecular flexibility index (Phi) is 3.87. The lowest BCUT2D eigenvalue weighted by atomic mass is 10.1. The number of rotatable bonds is 4. The van der Waals surface area contributed by atoms with Crippen molar-refractivity contribution in [3.05, 3.63) is 29.8 Å². The average molecular weight is 232 g/mol. The fraction of sp³-hybridized carbons (Fsp3) is 0.462. The van der Waals surface area contributed by atoms with Gasteiger partial charge in [0.15, 0.2) is 0 Å². The van der Waals surface area contributed by atoms with Gasteiger partial charge in [0.25, 0.3) is 0 Å². The predicted molar refractivity (Wildman–Crippen MR) is 67.5 cm³/mol. The highest BCUT2D eigenvalue weighted by molar-refractivity contribution is 8.00. The molecule has 0 aromatic heterocycles. The Morgan fingerprint density at radius 1 is 1.50 bits per heavy atom. The molecule has 2 rings (SSSR count). The highest BCUT2D eigenvalue weighted by Gasteiger charge is 2.22. The molecular formula is C13H16N2S. The minimum absolute atomic E-state index is 0.626. The first-order valence-electron chi connectivity index (χ1n) is 5.59. The first-order chi connectivity index (χ1) is 7.79. The van der Waals surface area contributed by atoms with Crippen LogP contribution in [0.25, 0.3) is 0 Å². The Balaban J connectivity index is 1.85. The summed E-state index contributed by atoms with van der Waals surface area (Å²) >= 11 is 1.97. The molecule has 0 bridgehead atoms. The minimum Gasteiger partial charge on any atom is -0.304 e. The molecule has 0 saturated heterocycles. The molecule has 0 aliphatic carbocycles. The van der Waals surface area contributed by atoms with Crippen LogP contribution in [0.15, 0.2) is 29.2 Å². The van der Waals surface area contributed by atoms with E-state index >= 15 is 0 Å². The summed E-state index contributed by atoms with van der Waals surface area (Å²) in [6.07, 6.45) is 1.79. The molecule has 1 aromatic carbocycles. The molecule has 1 aromatic rings. The van der Waals surface area contributed by atoms with Crippen LogP contribution < -0.4 is 0 Å². The second-order valence-electron chi connectivity index (χ2n) is 4.22. The van der Waals surface area contributed by atoms with Gasteiger partial charge in [0, 0.05) is 29.7 Å². The fourth-order valence-electron chi connectivity index (χ4n) is 2.04. The Bertz CT molecular complexity index is 372. The van der Waals surface area contributed by atoms with Crippen LogP contribution in [0.4, 0.5) is 0 Å². The lowest BCUT2D eigenvalue weighted by Gasteiger charge is -2.18. The number of benzene rings is 1. The second kappa shape index (κ2) is 5.38. The van der Waals surface area contributed by atoms with Crippen LogP contribution in [-0.2, 0) is 6.42 Å². The SMILES string of the molecule is CN(CCC#N)CC1Cc2ccccc2S1. The number of nitrogens with zero attached hydrogens (tertiary/aromatic N) is 2. The molecule has 0 saturated carbocycles. The van der Waals surface area contributed by atoms with Gasteiger partial charge in [-0.15, -0.1) is 11.8 Å². The summed E-state index contributed by atoms with van der Waals surface area (Å²) in [6, 6.07) is 10.8. The molecular weight excluding hydrogens is 216 g/mol. The molecule has 1 atom stereocenters. The molecule has 1 aliphatic rings. The molecule has 0 spiro atoms. The van der Waals surface area contributed by atoms with Crippen molar-refractivity contribution in [3.8, 4) is 6.07 Å². The number of thioether (sulfide) groups is 1. The smallest absolute Gasteiger partial charge is 0.0635 e. The zero-order chi connectivity index (χ0) is 11.4. The van der Waals surface area contributed by atoms with Gasteiger partial charge in [0.05, 0.1) is 6.07 Å². The third-order valence-corrected chi connectivity index (χ3v) is 4.14. The average Bonchev–Trinajstić information content (AvgIpc) is 2.68. The van der Waals surface area contributed by atoms with E-state index in [1.54, 1.807) is 0 Å². The molecule has 0 N–H and O–H groups in total. The van der Waals surface area contributed by atoms with Crippen molar-refractivity contribution in [2.75, 3.05) is 20.1 Å². The normalized spacial score (nSPS) is 18.4. The number of hydrogen-bond donors (Lipinski definition) is 0. The number of nitriles is 1. The molecule has 2 nitrogen and oxygen atoms in total. The molecule has 0 radical (unpaired) electrons. The highest BCUT2D eigenvalue weighted by Crippen LogP contribution is 2.36. The van der Waals surface area contributed by atoms with Gasteiger partial charge >= 0.3 is 0 Å². The van der Waals surface area contributed by atoms with Crippen molar-refractivity contribution in [2.24, 2.45) is 0 Å². The topological polar surface area (TPSA) is 27.0 Å². The largest absolute Gasteiger partial charge is 0.304 e. The summed E-state index contributed by atoms with van der Waals surface area (Å²) < 4.78 is 0. The van der Waals surface area contributed by atoms with Crippen LogP contribution >= 0.6 is 11.8 Å². The molecule has 1 unspecified atom stereocenters. The van der Waals surface area contributed by atoms with E-state index in [-0.39, 0.29) is 0 Å². The maximum atomic E-state index is 8.54. The summed E-state index contributed by atoms with van der Waals surface area (Å²) in [5, 5.41) is 9.19.